The van der Waals surface area contributed by atoms with E-state index in [1.165, 1.54) is 0 Å². The number of pyridine rings is 1. The average molecular weight is 262 g/mol. The van der Waals surface area contributed by atoms with Crippen LogP contribution in [0.4, 0.5) is 5.82 Å². The monoisotopic (exact) mass is 262 g/mol. The number of thiol groups is 1. The van der Waals surface area contributed by atoms with Gasteiger partial charge in [-0.25, -0.2) is 0 Å². The van der Waals surface area contributed by atoms with Crippen LogP contribution in [0.3, 0.4) is 0 Å². The van der Waals surface area contributed by atoms with Crippen LogP contribution in [0.2, 0.25) is 0 Å². The van der Waals surface area contributed by atoms with E-state index in [1.54, 1.807) is 7.11 Å². The topological polar surface area (TPSA) is 51.2 Å². The molecule has 2 aromatic rings. The van der Waals surface area contributed by atoms with Gasteiger partial charge in [-0.15, -0.1) is 0 Å². The van der Waals surface area contributed by atoms with Crippen molar-refractivity contribution in [3.8, 4) is 5.88 Å². The minimum atomic E-state index is -0.101. The molecule has 94 valence electrons. The zero-order valence-electron chi connectivity index (χ0n) is 10.0. The molecular weight excluding hydrogens is 248 g/mol. The third-order valence-electron chi connectivity index (χ3n) is 2.52. The number of nitrogens with zero attached hydrogens (tertiary/aromatic N) is 1. The van der Waals surface area contributed by atoms with Crippen molar-refractivity contribution in [3.05, 3.63) is 30.3 Å². The van der Waals surface area contributed by atoms with Gasteiger partial charge in [0.05, 0.1) is 7.11 Å². The van der Waals surface area contributed by atoms with E-state index in [0.29, 0.717) is 23.9 Å². The van der Waals surface area contributed by atoms with E-state index < -0.39 is 0 Å². The van der Waals surface area contributed by atoms with Crippen molar-refractivity contribution in [2.24, 2.45) is 0 Å². The highest BCUT2D eigenvalue weighted by atomic mass is 32.1. The van der Waals surface area contributed by atoms with Crippen LogP contribution in [-0.4, -0.2) is 23.8 Å². The fourth-order valence-corrected chi connectivity index (χ4v) is 1.87. The lowest BCUT2D eigenvalue weighted by atomic mass is 10.1. The molecule has 5 heteroatoms. The van der Waals surface area contributed by atoms with Gasteiger partial charge in [-0.1, -0.05) is 24.3 Å². The largest absolute Gasteiger partial charge is 0.481 e. The number of rotatable bonds is 4. The Kier molecular flexibility index (Phi) is 4.04. The molecule has 0 radical (unpaired) electrons. The molecule has 18 heavy (non-hydrogen) atoms. The Labute approximate surface area is 111 Å². The summed E-state index contributed by atoms with van der Waals surface area (Å²) >= 11 is 4.03. The summed E-state index contributed by atoms with van der Waals surface area (Å²) in [6, 6.07) is 9.54. The number of fused-ring (bicyclic) bond motifs is 1. The fourth-order valence-electron chi connectivity index (χ4n) is 1.67. The van der Waals surface area contributed by atoms with Crippen molar-refractivity contribution >= 4 is 35.1 Å². The van der Waals surface area contributed by atoms with Gasteiger partial charge < -0.3 is 10.1 Å². The Morgan fingerprint density at radius 3 is 2.94 bits per heavy atom. The summed E-state index contributed by atoms with van der Waals surface area (Å²) in [6.07, 6.45) is 0.357. The Bertz CT molecular complexity index is 572. The normalized spacial score (nSPS) is 10.3. The number of ether oxygens (including phenoxy) is 1. The summed E-state index contributed by atoms with van der Waals surface area (Å²) in [5, 5.41) is 4.65. The van der Waals surface area contributed by atoms with E-state index in [-0.39, 0.29) is 5.91 Å². The maximum Gasteiger partial charge on any atom is 0.226 e. The van der Waals surface area contributed by atoms with Crippen LogP contribution >= 0.6 is 12.6 Å². The van der Waals surface area contributed by atoms with Crippen molar-refractivity contribution in [2.45, 2.75) is 6.42 Å². The van der Waals surface area contributed by atoms with E-state index in [4.69, 9.17) is 4.74 Å². The number of aromatic nitrogens is 1. The SMILES string of the molecule is COc1cc2ccccc2c(NC(=O)CCS)n1. The lowest BCUT2D eigenvalue weighted by molar-refractivity contribution is -0.115. The number of hydrogen-bond donors (Lipinski definition) is 2. The molecule has 0 saturated heterocycles. The second kappa shape index (κ2) is 5.73. The Hall–Kier alpha value is -1.75. The van der Waals surface area contributed by atoms with Crippen LogP contribution < -0.4 is 10.1 Å². The van der Waals surface area contributed by atoms with E-state index in [1.807, 2.05) is 30.3 Å². The Morgan fingerprint density at radius 1 is 1.44 bits per heavy atom. The van der Waals surface area contributed by atoms with Gasteiger partial charge in [0.25, 0.3) is 0 Å². The van der Waals surface area contributed by atoms with Gasteiger partial charge in [-0.05, 0) is 11.1 Å². The average Bonchev–Trinajstić information content (AvgIpc) is 2.38. The Balaban J connectivity index is 2.43. The molecule has 0 atom stereocenters. The predicted molar refractivity (Wildman–Crippen MR) is 75.4 cm³/mol. The fraction of sp³-hybridized carbons (Fsp3) is 0.231. The highest BCUT2D eigenvalue weighted by Crippen LogP contribution is 2.25. The minimum Gasteiger partial charge on any atom is -0.481 e. The van der Waals surface area contributed by atoms with E-state index in [9.17, 15) is 4.79 Å². The first kappa shape index (κ1) is 12.7. The molecule has 0 aliphatic carbocycles. The van der Waals surface area contributed by atoms with Gasteiger partial charge in [0, 0.05) is 17.9 Å². The molecule has 1 amide bonds. The number of methoxy groups -OCH3 is 1. The lowest BCUT2D eigenvalue weighted by Gasteiger charge is -2.09. The molecule has 1 N–H and O–H groups in total. The van der Waals surface area contributed by atoms with Crippen molar-refractivity contribution in [3.63, 3.8) is 0 Å². The number of hydrogen-bond acceptors (Lipinski definition) is 4. The van der Waals surface area contributed by atoms with Gasteiger partial charge in [0.2, 0.25) is 11.8 Å². The first-order chi connectivity index (χ1) is 8.74. The molecule has 4 nitrogen and oxygen atoms in total. The summed E-state index contributed by atoms with van der Waals surface area (Å²) in [6.45, 7) is 0. The van der Waals surface area contributed by atoms with Crippen molar-refractivity contribution in [2.75, 3.05) is 18.2 Å². The zero-order chi connectivity index (χ0) is 13.0. The smallest absolute Gasteiger partial charge is 0.226 e. The maximum absolute atomic E-state index is 11.6. The highest BCUT2D eigenvalue weighted by molar-refractivity contribution is 7.80. The highest BCUT2D eigenvalue weighted by Gasteiger charge is 2.08. The molecule has 1 heterocycles. The van der Waals surface area contributed by atoms with E-state index in [0.717, 1.165) is 10.8 Å². The summed E-state index contributed by atoms with van der Waals surface area (Å²) < 4.78 is 5.13. The molecule has 1 aromatic heterocycles. The number of carbonyl (C=O) groups excluding carboxylic acids is 1. The van der Waals surface area contributed by atoms with Crippen LogP contribution in [-0.2, 0) is 4.79 Å². The molecule has 0 aliphatic heterocycles. The van der Waals surface area contributed by atoms with Crippen molar-refractivity contribution in [1.82, 2.24) is 4.98 Å². The molecule has 0 bridgehead atoms. The first-order valence-corrected chi connectivity index (χ1v) is 6.22. The molecule has 0 aliphatic rings. The molecule has 0 fully saturated rings. The Morgan fingerprint density at radius 2 is 2.22 bits per heavy atom. The van der Waals surface area contributed by atoms with Gasteiger partial charge in [-0.2, -0.15) is 17.6 Å². The third kappa shape index (κ3) is 2.73. The number of carbonyl (C=O) groups is 1. The predicted octanol–water partition coefficient (Wildman–Crippen LogP) is 2.50. The second-order valence-electron chi connectivity index (χ2n) is 3.76. The summed E-state index contributed by atoms with van der Waals surface area (Å²) in [5.74, 6) is 1.41. The van der Waals surface area contributed by atoms with E-state index in [2.05, 4.69) is 22.9 Å². The number of amides is 1. The van der Waals surface area contributed by atoms with Crippen molar-refractivity contribution in [1.29, 1.82) is 0 Å². The maximum atomic E-state index is 11.6. The number of nitrogens with one attached hydrogen (secondary N) is 1. The van der Waals surface area contributed by atoms with Crippen LogP contribution in [0.25, 0.3) is 10.8 Å². The third-order valence-corrected chi connectivity index (χ3v) is 2.75. The molecule has 1 aromatic carbocycles. The first-order valence-electron chi connectivity index (χ1n) is 5.59. The zero-order valence-corrected chi connectivity index (χ0v) is 10.9. The van der Waals surface area contributed by atoms with Crippen LogP contribution in [0.1, 0.15) is 6.42 Å². The standard InChI is InChI=1S/C13H14N2O2S/c1-17-12-8-9-4-2-3-5-10(9)13(15-12)14-11(16)6-7-18/h2-5,8,18H,6-7H2,1H3,(H,14,15,16). The van der Waals surface area contributed by atoms with Gasteiger partial charge in [0.1, 0.15) is 5.82 Å². The van der Waals surface area contributed by atoms with E-state index >= 15 is 0 Å². The van der Waals surface area contributed by atoms with Crippen LogP contribution in [0.5, 0.6) is 5.88 Å². The summed E-state index contributed by atoms with van der Waals surface area (Å²) in [5.41, 5.74) is 0. The van der Waals surface area contributed by atoms with Crippen LogP contribution in [0.15, 0.2) is 30.3 Å². The quantitative estimate of drug-likeness (QED) is 0.832. The van der Waals surface area contributed by atoms with Gasteiger partial charge >= 0.3 is 0 Å². The summed E-state index contributed by atoms with van der Waals surface area (Å²) in [4.78, 5) is 15.9. The number of anilines is 1. The molecule has 0 unspecified atom stereocenters. The van der Waals surface area contributed by atoms with Gasteiger partial charge in [-0.3, -0.25) is 4.79 Å². The molecule has 0 saturated carbocycles. The molecular formula is C13H14N2O2S. The summed E-state index contributed by atoms with van der Waals surface area (Å²) in [7, 11) is 1.55. The number of benzene rings is 1. The molecule has 0 spiro atoms. The van der Waals surface area contributed by atoms with Gasteiger partial charge in [0.15, 0.2) is 0 Å². The lowest BCUT2D eigenvalue weighted by Crippen LogP contribution is -2.13. The van der Waals surface area contributed by atoms with Crippen LogP contribution in [0, 0.1) is 0 Å². The van der Waals surface area contributed by atoms with Crippen molar-refractivity contribution < 1.29 is 9.53 Å². The minimum absolute atomic E-state index is 0.101. The second-order valence-corrected chi connectivity index (χ2v) is 4.20. The molecule has 2 rings (SSSR count).